The first-order valence-corrected chi connectivity index (χ1v) is 9.75. The summed E-state index contributed by atoms with van der Waals surface area (Å²) in [5.41, 5.74) is 13.7. The zero-order chi connectivity index (χ0) is 24.7. The summed E-state index contributed by atoms with van der Waals surface area (Å²) in [5.74, 6) is -1.57. The van der Waals surface area contributed by atoms with Crippen LogP contribution in [0.15, 0.2) is 72.8 Å². The van der Waals surface area contributed by atoms with Gasteiger partial charge in [-0.25, -0.2) is 9.59 Å². The van der Waals surface area contributed by atoms with E-state index in [4.69, 9.17) is 20.9 Å². The Bertz CT molecular complexity index is 1170. The zero-order valence-electron chi connectivity index (χ0n) is 17.5. The lowest BCUT2D eigenvalue weighted by molar-refractivity contribution is -0.274. The molecule has 0 saturated heterocycles. The molecular weight excluding hydrogens is 453 g/mol. The van der Waals surface area contributed by atoms with Gasteiger partial charge in [-0.3, -0.25) is 0 Å². The Morgan fingerprint density at radius 3 is 2.03 bits per heavy atom. The molecule has 176 valence electrons. The van der Waals surface area contributed by atoms with Crippen LogP contribution in [0.2, 0.25) is 0 Å². The van der Waals surface area contributed by atoms with Crippen LogP contribution < -0.4 is 20.9 Å². The highest BCUT2D eigenvalue weighted by molar-refractivity contribution is 5.91. The summed E-state index contributed by atoms with van der Waals surface area (Å²) in [6, 6.07) is 15.4. The van der Waals surface area contributed by atoms with E-state index < -0.39 is 24.1 Å². The SMILES string of the molecule is Nc1cc(N)cc(COC(=O)/C=C/c2ccc(OC(=O)c3ccc(OC(F)(F)F)cc3)cc2)c1. The van der Waals surface area contributed by atoms with Gasteiger partial charge in [-0.1, -0.05) is 12.1 Å². The van der Waals surface area contributed by atoms with Gasteiger partial charge in [0.2, 0.25) is 0 Å². The van der Waals surface area contributed by atoms with Crippen LogP contribution in [0.4, 0.5) is 24.5 Å². The highest BCUT2D eigenvalue weighted by Crippen LogP contribution is 2.23. The van der Waals surface area contributed by atoms with E-state index in [1.54, 1.807) is 30.3 Å². The minimum absolute atomic E-state index is 0.0105. The summed E-state index contributed by atoms with van der Waals surface area (Å²) in [6.07, 6.45) is -2.07. The lowest BCUT2D eigenvalue weighted by Crippen LogP contribution is -2.17. The maximum Gasteiger partial charge on any atom is 0.573 e. The second-order valence-electron chi connectivity index (χ2n) is 6.98. The maximum atomic E-state index is 12.2. The summed E-state index contributed by atoms with van der Waals surface area (Å²) >= 11 is 0. The van der Waals surface area contributed by atoms with Crippen LogP contribution in [0.3, 0.4) is 0 Å². The van der Waals surface area contributed by atoms with Crippen LogP contribution in [-0.2, 0) is 16.1 Å². The number of rotatable bonds is 7. The molecule has 0 aliphatic rings. The molecule has 0 fully saturated rings. The van der Waals surface area contributed by atoms with E-state index >= 15 is 0 Å². The number of carbonyl (C=O) groups excluding carboxylic acids is 2. The Kier molecular flexibility index (Phi) is 7.42. The standard InChI is InChI=1S/C24H19F3N2O5/c25-24(26,27)34-21-8-4-17(5-9-21)23(31)33-20-6-1-15(2-7-20)3-10-22(30)32-14-16-11-18(28)13-19(29)12-16/h1-13H,14,28-29H2/b10-3+. The molecule has 0 saturated carbocycles. The minimum atomic E-state index is -4.82. The van der Waals surface area contributed by atoms with Crippen LogP contribution in [-0.4, -0.2) is 18.3 Å². The molecule has 34 heavy (non-hydrogen) atoms. The van der Waals surface area contributed by atoms with Crippen molar-refractivity contribution >= 4 is 29.4 Å². The zero-order valence-corrected chi connectivity index (χ0v) is 17.5. The largest absolute Gasteiger partial charge is 0.573 e. The Hall–Kier alpha value is -4.47. The molecule has 0 unspecified atom stereocenters. The van der Waals surface area contributed by atoms with Crippen LogP contribution in [0, 0.1) is 0 Å². The predicted molar refractivity (Wildman–Crippen MR) is 119 cm³/mol. The Labute approximate surface area is 192 Å². The molecule has 0 bridgehead atoms. The number of nitrogens with two attached hydrogens (primary N) is 2. The summed E-state index contributed by atoms with van der Waals surface area (Å²) < 4.78 is 50.7. The van der Waals surface area contributed by atoms with Crippen LogP contribution in [0.5, 0.6) is 11.5 Å². The molecule has 0 atom stereocenters. The summed E-state index contributed by atoms with van der Waals surface area (Å²) in [7, 11) is 0. The number of nitrogen functional groups attached to an aromatic ring is 2. The van der Waals surface area contributed by atoms with Crippen molar-refractivity contribution < 1.29 is 37.0 Å². The van der Waals surface area contributed by atoms with Crippen molar-refractivity contribution in [1.82, 2.24) is 0 Å². The predicted octanol–water partition coefficient (Wildman–Crippen LogP) is 4.73. The molecule has 3 rings (SSSR count). The fourth-order valence-electron chi connectivity index (χ4n) is 2.80. The summed E-state index contributed by atoms with van der Waals surface area (Å²) in [6.45, 7) is 0.0105. The van der Waals surface area contributed by atoms with Crippen molar-refractivity contribution in [2.75, 3.05) is 11.5 Å². The fraction of sp³-hybridized carbons (Fsp3) is 0.0833. The quantitative estimate of drug-likeness (QED) is 0.221. The number of esters is 2. The monoisotopic (exact) mass is 472 g/mol. The molecule has 3 aromatic rings. The minimum Gasteiger partial charge on any atom is -0.458 e. The topological polar surface area (TPSA) is 114 Å². The van der Waals surface area contributed by atoms with E-state index in [-0.39, 0.29) is 17.9 Å². The van der Waals surface area contributed by atoms with Gasteiger partial charge in [0, 0.05) is 17.5 Å². The Morgan fingerprint density at radius 2 is 1.44 bits per heavy atom. The van der Waals surface area contributed by atoms with Crippen LogP contribution in [0.25, 0.3) is 6.08 Å². The molecular formula is C24H19F3N2O5. The molecule has 0 aromatic heterocycles. The van der Waals surface area contributed by atoms with Gasteiger partial charge in [0.1, 0.15) is 18.1 Å². The molecule has 0 spiro atoms. The van der Waals surface area contributed by atoms with Gasteiger partial charge in [0.25, 0.3) is 0 Å². The van der Waals surface area contributed by atoms with E-state index in [0.717, 1.165) is 24.3 Å². The molecule has 0 aliphatic heterocycles. The third kappa shape index (κ3) is 7.59. The maximum absolute atomic E-state index is 12.2. The van der Waals surface area contributed by atoms with E-state index in [1.165, 1.54) is 24.3 Å². The van der Waals surface area contributed by atoms with Gasteiger partial charge in [-0.15, -0.1) is 13.2 Å². The molecule has 4 N–H and O–H groups in total. The number of halogens is 3. The number of carbonyl (C=O) groups is 2. The average molecular weight is 472 g/mol. The number of ether oxygens (including phenoxy) is 3. The van der Waals surface area contributed by atoms with E-state index in [0.29, 0.717) is 22.5 Å². The number of anilines is 2. The third-order valence-electron chi connectivity index (χ3n) is 4.24. The third-order valence-corrected chi connectivity index (χ3v) is 4.24. The first kappa shape index (κ1) is 24.2. The van der Waals surface area contributed by atoms with E-state index in [2.05, 4.69) is 4.74 Å². The van der Waals surface area contributed by atoms with Gasteiger partial charge in [-0.2, -0.15) is 0 Å². The molecule has 0 amide bonds. The van der Waals surface area contributed by atoms with Crippen LogP contribution >= 0.6 is 0 Å². The highest BCUT2D eigenvalue weighted by atomic mass is 19.4. The van der Waals surface area contributed by atoms with E-state index in [1.807, 2.05) is 0 Å². The molecule has 10 heteroatoms. The lowest BCUT2D eigenvalue weighted by Gasteiger charge is -2.09. The van der Waals surface area contributed by atoms with Gasteiger partial charge >= 0.3 is 18.3 Å². The molecule has 0 heterocycles. The average Bonchev–Trinajstić information content (AvgIpc) is 2.76. The van der Waals surface area contributed by atoms with Gasteiger partial charge in [0.15, 0.2) is 0 Å². The number of hydrogen-bond donors (Lipinski definition) is 2. The smallest absolute Gasteiger partial charge is 0.458 e. The lowest BCUT2D eigenvalue weighted by atomic mass is 10.2. The molecule has 0 radical (unpaired) electrons. The van der Waals surface area contributed by atoms with Crippen molar-refractivity contribution in [2.45, 2.75) is 13.0 Å². The second kappa shape index (κ2) is 10.4. The molecule has 0 aliphatic carbocycles. The summed E-state index contributed by atoms with van der Waals surface area (Å²) in [5, 5.41) is 0. The molecule has 3 aromatic carbocycles. The van der Waals surface area contributed by atoms with Crippen molar-refractivity contribution in [3.8, 4) is 11.5 Å². The van der Waals surface area contributed by atoms with Gasteiger partial charge in [0.05, 0.1) is 5.56 Å². The molecule has 7 nitrogen and oxygen atoms in total. The first-order chi connectivity index (χ1) is 16.1. The van der Waals surface area contributed by atoms with Crippen LogP contribution in [0.1, 0.15) is 21.5 Å². The van der Waals surface area contributed by atoms with Gasteiger partial charge < -0.3 is 25.7 Å². The first-order valence-electron chi connectivity index (χ1n) is 9.75. The number of benzene rings is 3. The Balaban J connectivity index is 1.51. The number of hydrogen-bond acceptors (Lipinski definition) is 7. The van der Waals surface area contributed by atoms with Crippen molar-refractivity contribution in [3.63, 3.8) is 0 Å². The number of alkyl halides is 3. The van der Waals surface area contributed by atoms with Gasteiger partial charge in [-0.05, 0) is 71.8 Å². The Morgan fingerprint density at radius 1 is 0.853 bits per heavy atom. The fourth-order valence-corrected chi connectivity index (χ4v) is 2.80. The van der Waals surface area contributed by atoms with Crippen molar-refractivity contribution in [3.05, 3.63) is 89.5 Å². The van der Waals surface area contributed by atoms with Crippen molar-refractivity contribution in [2.24, 2.45) is 0 Å². The normalized spacial score (nSPS) is 11.3. The highest BCUT2D eigenvalue weighted by Gasteiger charge is 2.31. The van der Waals surface area contributed by atoms with E-state index in [9.17, 15) is 22.8 Å². The second-order valence-corrected chi connectivity index (χ2v) is 6.98. The summed E-state index contributed by atoms with van der Waals surface area (Å²) in [4.78, 5) is 24.1. The van der Waals surface area contributed by atoms with Crippen molar-refractivity contribution in [1.29, 1.82) is 0 Å².